The van der Waals surface area contributed by atoms with E-state index in [9.17, 15) is 0 Å². The van der Waals surface area contributed by atoms with Crippen LogP contribution in [0.4, 0.5) is 0 Å². The fourth-order valence-electron chi connectivity index (χ4n) is 1.83. The van der Waals surface area contributed by atoms with Gasteiger partial charge in [0, 0.05) is 6.20 Å². The second-order valence-corrected chi connectivity index (χ2v) is 3.38. The number of nitriles is 1. The molecule has 70 valence electrons. The molecule has 1 aliphatic heterocycles. The molecule has 1 N–H and O–H groups in total. The summed E-state index contributed by atoms with van der Waals surface area (Å²) in [5.74, 6) is 0. The molecule has 1 aromatic carbocycles. The maximum atomic E-state index is 8.94. The van der Waals surface area contributed by atoms with Crippen molar-refractivity contribution in [2.75, 3.05) is 0 Å². The molecule has 1 heterocycles. The smallest absolute Gasteiger partial charge is 0.101 e. The Bertz CT molecular complexity index is 413. The average Bonchev–Trinajstić information content (AvgIpc) is 2.27. The van der Waals surface area contributed by atoms with Crippen LogP contribution in [0.1, 0.15) is 30.5 Å². The molecule has 1 aliphatic rings. The van der Waals surface area contributed by atoms with Gasteiger partial charge in [-0.25, -0.2) is 0 Å². The van der Waals surface area contributed by atoms with Gasteiger partial charge in [0.1, 0.15) is 6.07 Å². The zero-order valence-electron chi connectivity index (χ0n) is 8.12. The van der Waals surface area contributed by atoms with Crippen LogP contribution < -0.4 is 5.32 Å². The van der Waals surface area contributed by atoms with Gasteiger partial charge in [0.05, 0.1) is 11.6 Å². The Morgan fingerprint density at radius 3 is 2.93 bits per heavy atom. The van der Waals surface area contributed by atoms with Crippen LogP contribution in [0, 0.1) is 11.3 Å². The van der Waals surface area contributed by atoms with Crippen LogP contribution in [0.15, 0.2) is 30.5 Å². The predicted molar refractivity (Wildman–Crippen MR) is 56.2 cm³/mol. The summed E-state index contributed by atoms with van der Waals surface area (Å²) >= 11 is 0. The van der Waals surface area contributed by atoms with Crippen molar-refractivity contribution >= 4 is 5.57 Å². The van der Waals surface area contributed by atoms with Gasteiger partial charge >= 0.3 is 0 Å². The summed E-state index contributed by atoms with van der Waals surface area (Å²) in [5, 5.41) is 12.2. The third-order valence-corrected chi connectivity index (χ3v) is 2.58. The number of benzene rings is 1. The number of nitrogens with one attached hydrogen (secondary N) is 1. The van der Waals surface area contributed by atoms with Crippen molar-refractivity contribution in [2.45, 2.75) is 19.4 Å². The molecule has 0 saturated heterocycles. The molecule has 0 bridgehead atoms. The number of rotatable bonds is 1. The highest BCUT2D eigenvalue weighted by atomic mass is 14.9. The lowest BCUT2D eigenvalue weighted by molar-refractivity contribution is 0.595. The summed E-state index contributed by atoms with van der Waals surface area (Å²) in [6.45, 7) is 2.14. The molecule has 2 heteroatoms. The molecule has 1 unspecified atom stereocenters. The lowest BCUT2D eigenvalue weighted by atomic mass is 9.92. The molecule has 2 nitrogen and oxygen atoms in total. The molecule has 0 spiro atoms. The number of allylic oxidation sites excluding steroid dienone is 1. The third kappa shape index (κ3) is 1.27. The highest BCUT2D eigenvalue weighted by Crippen LogP contribution is 2.29. The Balaban J connectivity index is 2.53. The summed E-state index contributed by atoms with van der Waals surface area (Å²) < 4.78 is 0. The SMILES string of the molecule is CCC1NC=C(C#N)c2ccccc21. The largest absolute Gasteiger partial charge is 0.383 e. The van der Waals surface area contributed by atoms with Gasteiger partial charge in [0.15, 0.2) is 0 Å². The van der Waals surface area contributed by atoms with E-state index in [4.69, 9.17) is 5.26 Å². The van der Waals surface area contributed by atoms with Gasteiger partial charge in [0.25, 0.3) is 0 Å². The van der Waals surface area contributed by atoms with E-state index >= 15 is 0 Å². The Kier molecular flexibility index (Phi) is 2.24. The zero-order chi connectivity index (χ0) is 9.97. The number of fused-ring (bicyclic) bond motifs is 1. The van der Waals surface area contributed by atoms with E-state index in [2.05, 4.69) is 24.4 Å². The summed E-state index contributed by atoms with van der Waals surface area (Å²) in [6, 6.07) is 10.6. The fourth-order valence-corrected chi connectivity index (χ4v) is 1.83. The molecule has 1 aromatic rings. The highest BCUT2D eigenvalue weighted by Gasteiger charge is 2.18. The Morgan fingerprint density at radius 2 is 2.21 bits per heavy atom. The molecule has 2 rings (SSSR count). The minimum absolute atomic E-state index is 0.350. The van der Waals surface area contributed by atoms with E-state index in [-0.39, 0.29) is 0 Å². The minimum Gasteiger partial charge on any atom is -0.383 e. The van der Waals surface area contributed by atoms with Crippen molar-refractivity contribution in [1.29, 1.82) is 5.26 Å². The van der Waals surface area contributed by atoms with Crippen LogP contribution in [-0.2, 0) is 0 Å². The van der Waals surface area contributed by atoms with Crippen molar-refractivity contribution in [3.63, 3.8) is 0 Å². The van der Waals surface area contributed by atoms with Gasteiger partial charge in [-0.15, -0.1) is 0 Å². The first kappa shape index (κ1) is 8.83. The fraction of sp³-hybridized carbons (Fsp3) is 0.250. The van der Waals surface area contributed by atoms with Crippen molar-refractivity contribution < 1.29 is 0 Å². The number of hydrogen-bond acceptors (Lipinski definition) is 2. The van der Waals surface area contributed by atoms with Crippen LogP contribution in [0.25, 0.3) is 5.57 Å². The first-order valence-corrected chi connectivity index (χ1v) is 4.82. The molecule has 14 heavy (non-hydrogen) atoms. The van der Waals surface area contributed by atoms with Crippen molar-refractivity contribution in [3.05, 3.63) is 41.6 Å². The lowest BCUT2D eigenvalue weighted by Gasteiger charge is -2.23. The van der Waals surface area contributed by atoms with Crippen LogP contribution in [0.3, 0.4) is 0 Å². The van der Waals surface area contributed by atoms with E-state index in [0.29, 0.717) is 6.04 Å². The summed E-state index contributed by atoms with van der Waals surface area (Å²) in [4.78, 5) is 0. The molecular formula is C12H12N2. The van der Waals surface area contributed by atoms with Crippen molar-refractivity contribution in [2.24, 2.45) is 0 Å². The molecule has 0 fully saturated rings. The third-order valence-electron chi connectivity index (χ3n) is 2.58. The van der Waals surface area contributed by atoms with Crippen LogP contribution in [0.2, 0.25) is 0 Å². The Morgan fingerprint density at radius 1 is 1.43 bits per heavy atom. The van der Waals surface area contributed by atoms with E-state index in [1.165, 1.54) is 5.56 Å². The second-order valence-electron chi connectivity index (χ2n) is 3.38. The number of nitrogens with zero attached hydrogens (tertiary/aromatic N) is 1. The zero-order valence-corrected chi connectivity index (χ0v) is 8.12. The molecule has 0 aliphatic carbocycles. The van der Waals surface area contributed by atoms with E-state index < -0.39 is 0 Å². The molecule has 0 saturated carbocycles. The molecular weight excluding hydrogens is 172 g/mol. The van der Waals surface area contributed by atoms with Crippen LogP contribution in [-0.4, -0.2) is 0 Å². The molecule has 0 amide bonds. The topological polar surface area (TPSA) is 35.8 Å². The Hall–Kier alpha value is -1.75. The molecule has 0 radical (unpaired) electrons. The summed E-state index contributed by atoms with van der Waals surface area (Å²) in [7, 11) is 0. The quantitative estimate of drug-likeness (QED) is 0.728. The first-order chi connectivity index (χ1) is 6.86. The first-order valence-electron chi connectivity index (χ1n) is 4.82. The number of hydrogen-bond donors (Lipinski definition) is 1. The van der Waals surface area contributed by atoms with Gasteiger partial charge < -0.3 is 5.32 Å². The lowest BCUT2D eigenvalue weighted by Crippen LogP contribution is -2.20. The van der Waals surface area contributed by atoms with Gasteiger partial charge in [-0.05, 0) is 17.5 Å². The molecule has 1 atom stereocenters. The van der Waals surface area contributed by atoms with Gasteiger partial charge in [-0.2, -0.15) is 5.26 Å². The second kappa shape index (κ2) is 3.55. The maximum Gasteiger partial charge on any atom is 0.101 e. The van der Waals surface area contributed by atoms with Crippen LogP contribution in [0.5, 0.6) is 0 Å². The Labute approximate surface area is 83.9 Å². The monoisotopic (exact) mass is 184 g/mol. The maximum absolute atomic E-state index is 8.94. The van der Waals surface area contributed by atoms with E-state index in [0.717, 1.165) is 17.6 Å². The standard InChI is InChI=1S/C12H12N2/c1-2-12-11-6-4-3-5-10(11)9(7-13)8-14-12/h3-6,8,12,14H,2H2,1H3. The summed E-state index contributed by atoms with van der Waals surface area (Å²) in [6.07, 6.45) is 2.85. The van der Waals surface area contributed by atoms with Crippen molar-refractivity contribution in [1.82, 2.24) is 5.32 Å². The van der Waals surface area contributed by atoms with E-state index in [1.807, 2.05) is 24.4 Å². The normalized spacial score (nSPS) is 18.9. The predicted octanol–water partition coefficient (Wildman–Crippen LogP) is 2.61. The highest BCUT2D eigenvalue weighted by molar-refractivity contribution is 5.79. The molecule has 0 aromatic heterocycles. The van der Waals surface area contributed by atoms with E-state index in [1.54, 1.807) is 0 Å². The van der Waals surface area contributed by atoms with Crippen molar-refractivity contribution in [3.8, 4) is 6.07 Å². The summed E-state index contributed by atoms with van der Waals surface area (Å²) in [5.41, 5.74) is 3.03. The van der Waals surface area contributed by atoms with Gasteiger partial charge in [-0.3, -0.25) is 0 Å². The minimum atomic E-state index is 0.350. The van der Waals surface area contributed by atoms with Gasteiger partial charge in [0.2, 0.25) is 0 Å². The van der Waals surface area contributed by atoms with Gasteiger partial charge in [-0.1, -0.05) is 31.2 Å². The average molecular weight is 184 g/mol. The van der Waals surface area contributed by atoms with Crippen LogP contribution >= 0.6 is 0 Å².